The van der Waals surface area contributed by atoms with Crippen molar-refractivity contribution in [2.45, 2.75) is 18.6 Å². The number of aromatic nitrogens is 1. The van der Waals surface area contributed by atoms with E-state index in [0.29, 0.717) is 0 Å². The summed E-state index contributed by atoms with van der Waals surface area (Å²) in [6.07, 6.45) is 3.90. The Morgan fingerprint density at radius 1 is 0.862 bits per heavy atom. The maximum Gasteiger partial charge on any atom is 0.272 e. The zero-order chi connectivity index (χ0) is 19.5. The number of pyridine rings is 1. The second-order valence-electron chi connectivity index (χ2n) is 7.28. The maximum absolute atomic E-state index is 4.95. The number of rotatable bonds is 5. The molecule has 2 aliphatic heterocycles. The van der Waals surface area contributed by atoms with Gasteiger partial charge in [0.15, 0.2) is 0 Å². The molecule has 0 amide bonds. The van der Waals surface area contributed by atoms with Crippen molar-refractivity contribution in [3.8, 4) is 11.3 Å². The van der Waals surface area contributed by atoms with Crippen LogP contribution in [0.1, 0.15) is 18.4 Å². The molecule has 0 spiro atoms. The molecule has 1 aromatic heterocycles. The molecule has 2 aromatic carbocycles. The summed E-state index contributed by atoms with van der Waals surface area (Å²) >= 11 is 0. The van der Waals surface area contributed by atoms with Gasteiger partial charge in [0, 0.05) is 36.0 Å². The first-order valence-electron chi connectivity index (χ1n) is 9.94. The van der Waals surface area contributed by atoms with E-state index in [1.54, 1.807) is 0 Å². The summed E-state index contributed by atoms with van der Waals surface area (Å²) in [5.41, 5.74) is 3.88. The number of hydrogen-bond acceptors (Lipinski definition) is 6. The van der Waals surface area contributed by atoms with Gasteiger partial charge in [-0.1, -0.05) is 60.7 Å². The first kappa shape index (κ1) is 17.6. The lowest BCUT2D eigenvalue weighted by Gasteiger charge is -2.26. The van der Waals surface area contributed by atoms with Crippen molar-refractivity contribution in [1.82, 2.24) is 4.98 Å². The minimum atomic E-state index is -0.946. The van der Waals surface area contributed by atoms with E-state index in [0.717, 1.165) is 41.4 Å². The van der Waals surface area contributed by atoms with Gasteiger partial charge in [-0.2, -0.15) is 0 Å². The highest BCUT2D eigenvalue weighted by Gasteiger charge is 2.34. The van der Waals surface area contributed by atoms with Gasteiger partial charge in [-0.25, -0.2) is 9.98 Å². The number of benzene rings is 2. The third kappa shape index (κ3) is 3.49. The first-order valence-corrected chi connectivity index (χ1v) is 9.94. The minimum absolute atomic E-state index is 0.919. The van der Waals surface area contributed by atoms with E-state index in [2.05, 4.69) is 49.7 Å². The van der Waals surface area contributed by atoms with Crippen LogP contribution in [0.2, 0.25) is 0 Å². The van der Waals surface area contributed by atoms with E-state index in [4.69, 9.17) is 4.98 Å². The lowest BCUT2D eigenvalue weighted by atomic mass is 10.1. The Kier molecular flexibility index (Phi) is 4.52. The van der Waals surface area contributed by atoms with Crippen molar-refractivity contribution < 1.29 is 0 Å². The highest BCUT2D eigenvalue weighted by molar-refractivity contribution is 5.70. The predicted octanol–water partition coefficient (Wildman–Crippen LogP) is 5.07. The SMILES string of the molecule is C1=NC(Nc2cc(-c3ccccc3)nc(N3CCCC3)c2)(c2ccccc2)N=N1. The summed E-state index contributed by atoms with van der Waals surface area (Å²) in [5, 5.41) is 12.0. The third-order valence-electron chi connectivity index (χ3n) is 5.31. The lowest BCUT2D eigenvalue weighted by Crippen LogP contribution is -2.29. The van der Waals surface area contributed by atoms with E-state index in [9.17, 15) is 0 Å². The molecule has 29 heavy (non-hydrogen) atoms. The first-order chi connectivity index (χ1) is 14.3. The average molecular weight is 382 g/mol. The Hall–Kier alpha value is -3.54. The zero-order valence-corrected chi connectivity index (χ0v) is 16.1. The normalized spacial score (nSPS) is 20.3. The molecule has 0 saturated carbocycles. The molecule has 1 unspecified atom stereocenters. The molecule has 1 atom stereocenters. The Bertz CT molecular complexity index is 1030. The molecule has 1 fully saturated rings. The summed E-state index contributed by atoms with van der Waals surface area (Å²) in [5.74, 6) is 0.0345. The Labute approximate surface area is 170 Å². The number of aliphatic imine (C=N–C) groups is 1. The molecular weight excluding hydrogens is 360 g/mol. The Balaban J connectivity index is 1.57. The molecule has 6 heteroatoms. The summed E-state index contributed by atoms with van der Waals surface area (Å²) < 4.78 is 0. The van der Waals surface area contributed by atoms with Crippen molar-refractivity contribution in [3.05, 3.63) is 78.4 Å². The van der Waals surface area contributed by atoms with Crippen LogP contribution < -0.4 is 10.2 Å². The topological polar surface area (TPSA) is 65.2 Å². The van der Waals surface area contributed by atoms with Crippen molar-refractivity contribution in [3.63, 3.8) is 0 Å². The Morgan fingerprint density at radius 3 is 2.28 bits per heavy atom. The average Bonchev–Trinajstić information content (AvgIpc) is 3.48. The van der Waals surface area contributed by atoms with Gasteiger partial charge in [0.25, 0.3) is 5.79 Å². The van der Waals surface area contributed by atoms with Gasteiger partial charge in [0.2, 0.25) is 0 Å². The monoisotopic (exact) mass is 382 g/mol. The molecular formula is C23H22N6. The van der Waals surface area contributed by atoms with Gasteiger partial charge in [0.05, 0.1) is 5.69 Å². The number of anilines is 2. The maximum atomic E-state index is 4.95. The molecule has 1 saturated heterocycles. The van der Waals surface area contributed by atoms with Gasteiger partial charge in [-0.15, -0.1) is 10.2 Å². The van der Waals surface area contributed by atoms with E-state index in [-0.39, 0.29) is 0 Å². The molecule has 0 radical (unpaired) electrons. The second kappa shape index (κ2) is 7.47. The molecule has 5 rings (SSSR count). The van der Waals surface area contributed by atoms with E-state index >= 15 is 0 Å². The van der Waals surface area contributed by atoms with Crippen LogP contribution in [0.15, 0.2) is 88.0 Å². The highest BCUT2D eigenvalue weighted by Crippen LogP contribution is 2.35. The number of nitrogens with one attached hydrogen (secondary N) is 1. The largest absolute Gasteiger partial charge is 0.357 e. The zero-order valence-electron chi connectivity index (χ0n) is 16.1. The summed E-state index contributed by atoms with van der Waals surface area (Å²) in [6.45, 7) is 2.07. The van der Waals surface area contributed by atoms with Crippen LogP contribution in [0, 0.1) is 0 Å². The summed E-state index contributed by atoms with van der Waals surface area (Å²) in [7, 11) is 0. The molecule has 1 N–H and O–H groups in total. The van der Waals surface area contributed by atoms with Crippen LogP contribution in [0.4, 0.5) is 11.5 Å². The lowest BCUT2D eigenvalue weighted by molar-refractivity contribution is 0.543. The van der Waals surface area contributed by atoms with Crippen molar-refractivity contribution in [2.75, 3.05) is 23.3 Å². The van der Waals surface area contributed by atoms with Gasteiger partial charge in [0.1, 0.15) is 12.2 Å². The fraction of sp³-hybridized carbons (Fsp3) is 0.217. The summed E-state index contributed by atoms with van der Waals surface area (Å²) in [6, 6.07) is 24.4. The standard InChI is InChI=1S/C23H22N6/c1-3-9-18(10-4-1)21-15-20(16-22(26-21)29-13-7-8-14-29)27-23(24-17-25-28-23)19-11-5-2-6-12-19/h1-6,9-12,15-17H,7-8,13-14H2,(H,26,27). The molecule has 3 heterocycles. The molecule has 2 aliphatic rings. The van der Waals surface area contributed by atoms with Gasteiger partial charge < -0.3 is 10.2 Å². The predicted molar refractivity (Wildman–Crippen MR) is 116 cm³/mol. The van der Waals surface area contributed by atoms with Gasteiger partial charge >= 0.3 is 0 Å². The number of nitrogens with zero attached hydrogens (tertiary/aromatic N) is 5. The highest BCUT2D eigenvalue weighted by atomic mass is 15.4. The molecule has 0 aliphatic carbocycles. The van der Waals surface area contributed by atoms with Crippen molar-refractivity contribution >= 4 is 17.8 Å². The Morgan fingerprint density at radius 2 is 1.59 bits per heavy atom. The van der Waals surface area contributed by atoms with E-state index < -0.39 is 5.79 Å². The number of azo groups is 1. The van der Waals surface area contributed by atoms with Crippen molar-refractivity contribution in [1.29, 1.82) is 0 Å². The van der Waals surface area contributed by atoms with Crippen LogP contribution in [0.25, 0.3) is 11.3 Å². The molecule has 0 bridgehead atoms. The van der Waals surface area contributed by atoms with E-state index in [1.165, 1.54) is 19.2 Å². The number of hydrogen-bond donors (Lipinski definition) is 1. The van der Waals surface area contributed by atoms with Crippen LogP contribution >= 0.6 is 0 Å². The van der Waals surface area contributed by atoms with Crippen LogP contribution in [0.5, 0.6) is 0 Å². The second-order valence-corrected chi connectivity index (χ2v) is 7.28. The summed E-state index contributed by atoms with van der Waals surface area (Å²) in [4.78, 5) is 11.8. The van der Waals surface area contributed by atoms with E-state index in [1.807, 2.05) is 48.5 Å². The van der Waals surface area contributed by atoms with Gasteiger partial charge in [-0.05, 0) is 18.9 Å². The third-order valence-corrected chi connectivity index (χ3v) is 5.31. The van der Waals surface area contributed by atoms with Crippen LogP contribution in [-0.2, 0) is 5.79 Å². The fourth-order valence-corrected chi connectivity index (χ4v) is 3.83. The van der Waals surface area contributed by atoms with Gasteiger partial charge in [-0.3, -0.25) is 0 Å². The molecule has 6 nitrogen and oxygen atoms in total. The quantitative estimate of drug-likeness (QED) is 0.670. The van der Waals surface area contributed by atoms with Crippen LogP contribution in [-0.4, -0.2) is 24.4 Å². The van der Waals surface area contributed by atoms with Crippen LogP contribution in [0.3, 0.4) is 0 Å². The minimum Gasteiger partial charge on any atom is -0.357 e. The smallest absolute Gasteiger partial charge is 0.272 e. The molecule has 3 aromatic rings. The van der Waals surface area contributed by atoms with Crippen molar-refractivity contribution in [2.24, 2.45) is 15.2 Å². The molecule has 144 valence electrons. The fourth-order valence-electron chi connectivity index (χ4n) is 3.83.